The summed E-state index contributed by atoms with van der Waals surface area (Å²) in [6.45, 7) is 2.42. The summed E-state index contributed by atoms with van der Waals surface area (Å²) >= 11 is 0. The van der Waals surface area contributed by atoms with Crippen LogP contribution < -0.4 is 21.3 Å². The van der Waals surface area contributed by atoms with Crippen molar-refractivity contribution in [3.05, 3.63) is 22.8 Å². The molecule has 0 aliphatic heterocycles. The minimum absolute atomic E-state index is 0.0280. The van der Waals surface area contributed by atoms with Crippen LogP contribution in [0.15, 0.2) is 6.07 Å². The van der Waals surface area contributed by atoms with Crippen molar-refractivity contribution in [3.8, 4) is 5.75 Å². The molecule has 2 saturated carbocycles. The van der Waals surface area contributed by atoms with E-state index in [1.54, 1.807) is 25.1 Å². The van der Waals surface area contributed by atoms with Crippen molar-refractivity contribution in [1.29, 1.82) is 0 Å². The second-order valence-corrected chi connectivity index (χ2v) is 11.5. The molecule has 2 fully saturated rings. The van der Waals surface area contributed by atoms with Crippen LogP contribution in [0.4, 0.5) is 5.69 Å². The van der Waals surface area contributed by atoms with Gasteiger partial charge in [-0.15, -0.1) is 0 Å². The number of amides is 2. The number of phenols is 1. The number of primary amides is 1. The maximum atomic E-state index is 14.0. The number of rotatable bonds is 8. The van der Waals surface area contributed by atoms with Crippen LogP contribution in [0, 0.1) is 23.7 Å². The molecule has 0 aromatic heterocycles. The molecule has 0 saturated heterocycles. The Bertz CT molecular complexity index is 1340. The molecular formula is C28H37N5O8. The van der Waals surface area contributed by atoms with Crippen LogP contribution in [0.5, 0.6) is 5.75 Å². The summed E-state index contributed by atoms with van der Waals surface area (Å²) in [4.78, 5) is 82.1. The molecule has 1 aromatic carbocycles. The van der Waals surface area contributed by atoms with Gasteiger partial charge in [0.2, 0.25) is 11.8 Å². The number of benzene rings is 1. The van der Waals surface area contributed by atoms with Crippen LogP contribution in [0.2, 0.25) is 0 Å². The molecule has 13 nitrogen and oxygen atoms in total. The third kappa shape index (κ3) is 4.71. The molecule has 4 rings (SSSR count). The fraction of sp³-hybridized carbons (Fsp3) is 0.571. The highest BCUT2D eigenvalue weighted by Crippen LogP contribution is 2.52. The Labute approximate surface area is 237 Å². The van der Waals surface area contributed by atoms with E-state index in [9.17, 15) is 39.0 Å². The van der Waals surface area contributed by atoms with Crippen LogP contribution in [0.3, 0.4) is 0 Å². The predicted octanol–water partition coefficient (Wildman–Crippen LogP) is -1.84. The summed E-state index contributed by atoms with van der Waals surface area (Å²) in [5.74, 6) is -11.3. The van der Waals surface area contributed by atoms with Crippen molar-refractivity contribution in [1.82, 2.24) is 15.5 Å². The highest BCUT2D eigenvalue weighted by molar-refractivity contribution is 6.32. The minimum atomic E-state index is -2.78. The van der Waals surface area contributed by atoms with E-state index < -0.39 is 70.1 Å². The number of hydrogen-bond donors (Lipinski definition) is 5. The summed E-state index contributed by atoms with van der Waals surface area (Å²) in [6.07, 6.45) is 0.125. The van der Waals surface area contributed by atoms with Gasteiger partial charge in [-0.25, -0.2) is 0 Å². The quantitative estimate of drug-likeness (QED) is 0.220. The first kappa shape index (κ1) is 30.3. The molecule has 0 bridgehead atoms. The molecular weight excluding hydrogens is 534 g/mol. The second-order valence-electron chi connectivity index (χ2n) is 11.5. The predicted molar refractivity (Wildman–Crippen MR) is 146 cm³/mol. The molecule has 1 aromatic rings. The molecule has 3 aliphatic rings. The summed E-state index contributed by atoms with van der Waals surface area (Å²) in [7, 11) is 6.59. The number of aromatic hydroxyl groups is 1. The van der Waals surface area contributed by atoms with E-state index in [1.807, 2.05) is 6.92 Å². The van der Waals surface area contributed by atoms with Gasteiger partial charge in [-0.2, -0.15) is 0 Å². The Morgan fingerprint density at radius 1 is 1.12 bits per heavy atom. The van der Waals surface area contributed by atoms with Gasteiger partial charge in [0.1, 0.15) is 5.75 Å². The van der Waals surface area contributed by atoms with Crippen LogP contribution in [-0.2, 0) is 36.9 Å². The lowest BCUT2D eigenvalue weighted by Gasteiger charge is -2.52. The zero-order chi connectivity index (χ0) is 30.5. The Kier molecular flexibility index (Phi) is 8.09. The van der Waals surface area contributed by atoms with Gasteiger partial charge in [-0.3, -0.25) is 33.7 Å². The first-order valence-corrected chi connectivity index (χ1v) is 13.5. The van der Waals surface area contributed by atoms with Gasteiger partial charge < -0.3 is 31.5 Å². The summed E-state index contributed by atoms with van der Waals surface area (Å²) < 4.78 is 0. The maximum absolute atomic E-state index is 14.0. The van der Waals surface area contributed by atoms with E-state index in [1.165, 1.54) is 19.0 Å². The molecule has 6 N–H and O–H groups in total. The van der Waals surface area contributed by atoms with E-state index in [4.69, 9.17) is 5.73 Å². The third-order valence-corrected chi connectivity index (χ3v) is 8.61. The van der Waals surface area contributed by atoms with Crippen molar-refractivity contribution in [2.75, 3.05) is 46.2 Å². The van der Waals surface area contributed by atoms with Crippen LogP contribution in [0.25, 0.3) is 0 Å². The van der Waals surface area contributed by atoms with Gasteiger partial charge in [0.25, 0.3) is 0 Å². The van der Waals surface area contributed by atoms with Crippen LogP contribution >= 0.6 is 0 Å². The van der Waals surface area contributed by atoms with E-state index in [0.717, 1.165) is 0 Å². The summed E-state index contributed by atoms with van der Waals surface area (Å²) in [6, 6.07) is 0.510. The summed E-state index contributed by atoms with van der Waals surface area (Å²) in [5.41, 5.74) is 3.81. The second kappa shape index (κ2) is 11.0. The number of nitrogens with zero attached hydrogens (tertiary/aromatic N) is 2. The largest absolute Gasteiger partial charge is 0.507 e. The number of carbonyl (C=O) groups excluding carboxylic acids is 6. The van der Waals surface area contributed by atoms with Gasteiger partial charge in [0.05, 0.1) is 24.1 Å². The van der Waals surface area contributed by atoms with Crippen molar-refractivity contribution in [3.63, 3.8) is 0 Å². The third-order valence-electron chi connectivity index (χ3n) is 8.61. The van der Waals surface area contributed by atoms with E-state index in [-0.39, 0.29) is 43.0 Å². The number of fused-ring (bicyclic) bond motifs is 3. The molecule has 222 valence electrons. The molecule has 2 amide bonds. The average Bonchev–Trinajstić information content (AvgIpc) is 2.88. The molecule has 3 aliphatic carbocycles. The molecule has 13 heteroatoms. The maximum Gasteiger partial charge on any atom is 0.235 e. The number of hydrogen-bond acceptors (Lipinski definition) is 11. The smallest absolute Gasteiger partial charge is 0.235 e. The molecule has 2 unspecified atom stereocenters. The highest BCUT2D eigenvalue weighted by Gasteiger charge is 2.69. The number of phenolic OH excluding ortho intramolecular Hbond substituents is 1. The Morgan fingerprint density at radius 3 is 2.34 bits per heavy atom. The lowest BCUT2D eigenvalue weighted by molar-refractivity contribution is -0.181. The van der Waals surface area contributed by atoms with Gasteiger partial charge in [0.15, 0.2) is 34.7 Å². The number of nitrogens with one attached hydrogen (secondary N) is 2. The van der Waals surface area contributed by atoms with E-state index >= 15 is 0 Å². The minimum Gasteiger partial charge on any atom is -0.507 e. The number of aliphatic hydroxyl groups is 1. The molecule has 0 radical (unpaired) electrons. The number of ketones is 4. The van der Waals surface area contributed by atoms with Crippen molar-refractivity contribution >= 4 is 40.6 Å². The number of carbonyl (C=O) groups is 6. The number of anilines is 1. The molecule has 6 atom stereocenters. The van der Waals surface area contributed by atoms with Gasteiger partial charge in [0, 0.05) is 37.8 Å². The average molecular weight is 572 g/mol. The van der Waals surface area contributed by atoms with Crippen molar-refractivity contribution in [2.45, 2.75) is 38.0 Å². The number of nitrogens with two attached hydrogens (primary N) is 1. The fourth-order valence-corrected chi connectivity index (χ4v) is 6.74. The monoisotopic (exact) mass is 571 g/mol. The first-order valence-electron chi connectivity index (χ1n) is 13.5. The molecule has 41 heavy (non-hydrogen) atoms. The number of Topliss-reactive ketones (excluding diaryl/α,β-unsaturated/α-hetero) is 4. The van der Waals surface area contributed by atoms with E-state index in [0.29, 0.717) is 17.8 Å². The van der Waals surface area contributed by atoms with Crippen molar-refractivity contribution in [2.24, 2.45) is 29.4 Å². The molecule has 0 spiro atoms. The van der Waals surface area contributed by atoms with Crippen molar-refractivity contribution < 1.29 is 39.0 Å². The van der Waals surface area contributed by atoms with E-state index in [2.05, 4.69) is 10.6 Å². The van der Waals surface area contributed by atoms with Crippen LogP contribution in [0.1, 0.15) is 34.8 Å². The number of likely N-dealkylation sites (N-methyl/N-ethyl adjacent to an activating group) is 2. The topological polar surface area (TPSA) is 199 Å². The summed E-state index contributed by atoms with van der Waals surface area (Å²) in [5, 5.41) is 28.5. The SMILES string of the molecule is CCNCC(=O)NCc1cc(N(C)C)c2c(c1O)C(=O)C1C(=O)[C@]3(O)C(=O)C(C(N)=O)C(=O)[C@@H](N(C)C)[C@@H]3C[C@@H]1C2. The normalized spacial score (nSPS) is 29.1. The van der Waals surface area contributed by atoms with Crippen LogP contribution in [-0.4, -0.2) is 103 Å². The zero-order valence-electron chi connectivity index (χ0n) is 23.8. The lowest BCUT2D eigenvalue weighted by atomic mass is 9.52. The van der Waals surface area contributed by atoms with Gasteiger partial charge >= 0.3 is 0 Å². The van der Waals surface area contributed by atoms with Gasteiger partial charge in [-0.1, -0.05) is 6.92 Å². The lowest BCUT2D eigenvalue weighted by Crippen LogP contribution is -2.74. The molecule has 0 heterocycles. The standard InChI is InChI=1S/C28H37N5O8/c1-6-30-11-17(34)31-10-13-9-16(32(2)3)14-7-12-8-15-21(33(4)5)24(37)20(27(29)40)26(39)28(15,41)25(38)18(12)23(36)19(14)22(13)35/h9,12,15,18,20-21,30,35,41H,6-8,10-11H2,1-5H3,(H2,29,40)(H,31,34)/t12-,15-,18?,20?,21-,28-/m0/s1. The Balaban J connectivity index is 1.80. The fourth-order valence-electron chi connectivity index (χ4n) is 6.74. The van der Waals surface area contributed by atoms with Gasteiger partial charge in [-0.05, 0) is 51.0 Å². The Hall–Kier alpha value is -3.68. The zero-order valence-corrected chi connectivity index (χ0v) is 23.8. The highest BCUT2D eigenvalue weighted by atomic mass is 16.3. The first-order chi connectivity index (χ1) is 19.2. The Morgan fingerprint density at radius 2 is 1.78 bits per heavy atom.